The highest BCUT2D eigenvalue weighted by Gasteiger charge is 2.43. The quantitative estimate of drug-likeness (QED) is 0.459. The Morgan fingerprint density at radius 3 is 1.40 bits per heavy atom. The van der Waals surface area contributed by atoms with E-state index in [2.05, 4.69) is 0 Å². The van der Waals surface area contributed by atoms with Crippen LogP contribution in [0.2, 0.25) is 0 Å². The zero-order valence-electron chi connectivity index (χ0n) is 6.97. The smallest absolute Gasteiger partial charge is 0.153 e. The predicted octanol–water partition coefficient (Wildman–Crippen LogP) is 0.744. The maximum absolute atomic E-state index is 5.44. The minimum atomic E-state index is -0.565. The summed E-state index contributed by atoms with van der Waals surface area (Å²) in [6, 6.07) is 0. The van der Waals surface area contributed by atoms with Crippen LogP contribution in [0.3, 0.4) is 0 Å². The van der Waals surface area contributed by atoms with Crippen LogP contribution >= 0.6 is 0 Å². The second-order valence-electron chi connectivity index (χ2n) is 3.62. The second-order valence-corrected chi connectivity index (χ2v) is 3.62. The summed E-state index contributed by atoms with van der Waals surface area (Å²) in [5, 5.41) is 0. The van der Waals surface area contributed by atoms with Gasteiger partial charge in [-0.25, -0.2) is 0 Å². The predicted molar refractivity (Wildman–Crippen MR) is 41.8 cm³/mol. The average molecular weight is 138 g/mol. The standard InChI is InChI=1S/C6H12B2O2/c1-5(2)6(3,4)10-8(7)9-5/h1-4H3/q-1. The molecular formula is C6H12B2O2-. The zero-order chi connectivity index (χ0) is 7.99. The van der Waals surface area contributed by atoms with Crippen LogP contribution in [0, 0.1) is 0 Å². The van der Waals surface area contributed by atoms with Gasteiger partial charge in [0.2, 0.25) is 0 Å². The molecule has 1 aliphatic rings. The molecule has 1 fully saturated rings. The molecule has 10 heavy (non-hydrogen) atoms. The van der Waals surface area contributed by atoms with Gasteiger partial charge in [0.25, 0.3) is 0 Å². The Morgan fingerprint density at radius 1 is 1.00 bits per heavy atom. The van der Waals surface area contributed by atoms with Crippen molar-refractivity contribution in [3.63, 3.8) is 0 Å². The molecule has 1 aliphatic heterocycles. The summed E-state index contributed by atoms with van der Waals surface area (Å²) in [5.74, 6) is 0. The maximum Gasteiger partial charge on any atom is 0.153 e. The molecule has 1 saturated heterocycles. The van der Waals surface area contributed by atoms with Gasteiger partial charge in [0.15, 0.2) is 7.01 Å². The molecule has 0 aromatic rings. The van der Waals surface area contributed by atoms with E-state index in [1.54, 1.807) is 0 Å². The van der Waals surface area contributed by atoms with Gasteiger partial charge in [0.1, 0.15) is 0 Å². The van der Waals surface area contributed by atoms with E-state index < -0.39 is 7.01 Å². The van der Waals surface area contributed by atoms with E-state index in [4.69, 9.17) is 17.0 Å². The highest BCUT2D eigenvalue weighted by Crippen LogP contribution is 2.35. The van der Waals surface area contributed by atoms with Gasteiger partial charge in [0, 0.05) is 0 Å². The molecule has 0 aromatic carbocycles. The lowest BCUT2D eigenvalue weighted by atomic mass is 9.63. The summed E-state index contributed by atoms with van der Waals surface area (Å²) in [4.78, 5) is 0. The van der Waals surface area contributed by atoms with Crippen LogP contribution in [-0.2, 0) is 9.31 Å². The number of hydrogen-bond donors (Lipinski definition) is 0. The molecule has 0 aromatic heterocycles. The van der Waals surface area contributed by atoms with Crippen LogP contribution in [0.25, 0.3) is 0 Å². The normalized spacial score (nSPS) is 29.1. The minimum absolute atomic E-state index is 0.285. The lowest BCUT2D eigenvalue weighted by Gasteiger charge is -2.33. The largest absolute Gasteiger partial charge is 0.581 e. The van der Waals surface area contributed by atoms with Crippen LogP contribution in [0.5, 0.6) is 0 Å². The van der Waals surface area contributed by atoms with Crippen LogP contribution in [0.4, 0.5) is 0 Å². The van der Waals surface area contributed by atoms with Crippen molar-refractivity contribution in [2.45, 2.75) is 38.9 Å². The lowest BCUT2D eigenvalue weighted by molar-refractivity contribution is 0.00578. The average Bonchev–Trinajstić information content (AvgIpc) is 1.73. The van der Waals surface area contributed by atoms with E-state index in [1.165, 1.54) is 0 Å². The number of rotatable bonds is 0. The third-order valence-corrected chi connectivity index (χ3v) is 2.27. The third-order valence-electron chi connectivity index (χ3n) is 2.27. The summed E-state index contributed by atoms with van der Waals surface area (Å²) in [6.45, 7) is 7.89. The van der Waals surface area contributed by atoms with Crippen molar-refractivity contribution in [2.75, 3.05) is 0 Å². The summed E-state index contributed by atoms with van der Waals surface area (Å²) >= 11 is 0. The Hall–Kier alpha value is 0.0499. The Labute approximate surface area is 63.8 Å². The first kappa shape index (κ1) is 8.15. The highest BCUT2D eigenvalue weighted by atomic mass is 16.7. The fourth-order valence-corrected chi connectivity index (χ4v) is 0.889. The van der Waals surface area contributed by atoms with Gasteiger partial charge in [-0.2, -0.15) is 0 Å². The van der Waals surface area contributed by atoms with E-state index in [1.807, 2.05) is 27.7 Å². The van der Waals surface area contributed by atoms with E-state index in [0.717, 1.165) is 0 Å². The summed E-state index contributed by atoms with van der Waals surface area (Å²) < 4.78 is 10.6. The van der Waals surface area contributed by atoms with Crippen LogP contribution < -0.4 is 0 Å². The van der Waals surface area contributed by atoms with E-state index >= 15 is 0 Å². The van der Waals surface area contributed by atoms with Gasteiger partial charge in [-0.15, -0.1) is 0 Å². The fourth-order valence-electron chi connectivity index (χ4n) is 0.889. The fraction of sp³-hybridized carbons (Fsp3) is 1.00. The molecule has 4 heteroatoms. The molecule has 1 rings (SSSR count). The first-order valence-corrected chi connectivity index (χ1v) is 3.46. The van der Waals surface area contributed by atoms with Gasteiger partial charge in [-0.05, 0) is 27.7 Å². The number of hydrogen-bond acceptors (Lipinski definition) is 2. The van der Waals surface area contributed by atoms with E-state index in [9.17, 15) is 0 Å². The monoisotopic (exact) mass is 138 g/mol. The van der Waals surface area contributed by atoms with Crippen molar-refractivity contribution in [1.29, 1.82) is 0 Å². The minimum Gasteiger partial charge on any atom is -0.581 e. The second kappa shape index (κ2) is 2.02. The van der Waals surface area contributed by atoms with Crippen molar-refractivity contribution in [3.05, 3.63) is 0 Å². The SMILES string of the molecule is [B-]B1OC(C)(C)C(C)(C)O1. The van der Waals surface area contributed by atoms with Gasteiger partial charge in [-0.3, -0.25) is 0 Å². The van der Waals surface area contributed by atoms with E-state index in [-0.39, 0.29) is 11.2 Å². The first-order chi connectivity index (χ1) is 4.35. The van der Waals surface area contributed by atoms with Gasteiger partial charge in [0.05, 0.1) is 11.2 Å². The zero-order valence-corrected chi connectivity index (χ0v) is 6.97. The van der Waals surface area contributed by atoms with Crippen molar-refractivity contribution >= 4 is 14.7 Å². The molecule has 0 aliphatic carbocycles. The summed E-state index contributed by atoms with van der Waals surface area (Å²) in [6.07, 6.45) is 0. The molecule has 2 nitrogen and oxygen atoms in total. The molecule has 1 heterocycles. The molecule has 0 bridgehead atoms. The van der Waals surface area contributed by atoms with Crippen molar-refractivity contribution in [2.24, 2.45) is 0 Å². The molecule has 3 radical (unpaired) electrons. The molecule has 0 N–H and O–H groups in total. The maximum atomic E-state index is 5.44. The van der Waals surface area contributed by atoms with E-state index in [0.29, 0.717) is 0 Å². The van der Waals surface area contributed by atoms with Crippen molar-refractivity contribution in [3.8, 4) is 0 Å². The molecule has 0 amide bonds. The summed E-state index contributed by atoms with van der Waals surface area (Å²) in [7, 11) is 4.88. The van der Waals surface area contributed by atoms with Crippen LogP contribution in [0.1, 0.15) is 27.7 Å². The molecule has 0 atom stereocenters. The third kappa shape index (κ3) is 1.10. The Kier molecular flexibility index (Phi) is 1.64. The molecule has 0 unspecified atom stereocenters. The Morgan fingerprint density at radius 2 is 1.30 bits per heavy atom. The van der Waals surface area contributed by atoms with Crippen LogP contribution in [0.15, 0.2) is 0 Å². The first-order valence-electron chi connectivity index (χ1n) is 3.46. The molecule has 55 valence electrons. The lowest BCUT2D eigenvalue weighted by Crippen LogP contribution is -2.41. The van der Waals surface area contributed by atoms with Gasteiger partial charge >= 0.3 is 0 Å². The molecule has 0 saturated carbocycles. The Balaban J connectivity index is 2.78. The molecular weight excluding hydrogens is 126 g/mol. The van der Waals surface area contributed by atoms with Crippen molar-refractivity contribution < 1.29 is 9.31 Å². The topological polar surface area (TPSA) is 18.5 Å². The van der Waals surface area contributed by atoms with Crippen molar-refractivity contribution in [1.82, 2.24) is 0 Å². The Bertz CT molecular complexity index is 129. The molecule has 0 spiro atoms. The van der Waals surface area contributed by atoms with Gasteiger partial charge < -0.3 is 17.0 Å². The highest BCUT2D eigenvalue weighted by molar-refractivity contribution is 6.95. The van der Waals surface area contributed by atoms with Gasteiger partial charge in [-0.1, -0.05) is 0 Å². The van der Waals surface area contributed by atoms with Crippen LogP contribution in [-0.4, -0.2) is 25.9 Å². The summed E-state index contributed by atoms with van der Waals surface area (Å²) in [5.41, 5.74) is -0.571.